The molecular formula is C14H17N3O. The predicted molar refractivity (Wildman–Crippen MR) is 70.4 cm³/mol. The molecule has 4 nitrogen and oxygen atoms in total. The molecule has 2 aromatic rings. The fraction of sp³-hybridized carbons (Fsp3) is 0.429. The zero-order chi connectivity index (χ0) is 12.7. The van der Waals surface area contributed by atoms with Gasteiger partial charge in [-0.3, -0.25) is 9.89 Å². The third kappa shape index (κ3) is 1.68. The average molecular weight is 243 g/mol. The van der Waals surface area contributed by atoms with Crippen LogP contribution in [0.5, 0.6) is 0 Å². The molecule has 1 amide bonds. The summed E-state index contributed by atoms with van der Waals surface area (Å²) < 4.78 is 0. The molecule has 94 valence electrons. The maximum atomic E-state index is 12.5. The number of para-hydroxylation sites is 1. The minimum atomic E-state index is 0.0456. The van der Waals surface area contributed by atoms with Crippen LogP contribution in [0.4, 0.5) is 0 Å². The van der Waals surface area contributed by atoms with Crippen LogP contribution in [0, 0.1) is 5.92 Å². The third-order valence-corrected chi connectivity index (χ3v) is 3.72. The number of nitrogens with zero attached hydrogens (tertiary/aromatic N) is 2. The quantitative estimate of drug-likeness (QED) is 0.836. The normalized spacial score (nSPS) is 23.8. The van der Waals surface area contributed by atoms with Gasteiger partial charge in [-0.2, -0.15) is 5.10 Å². The Morgan fingerprint density at radius 1 is 1.39 bits per heavy atom. The molecule has 18 heavy (non-hydrogen) atoms. The summed E-state index contributed by atoms with van der Waals surface area (Å²) in [6.45, 7) is 5.13. The molecule has 1 N–H and O–H groups in total. The molecule has 0 radical (unpaired) electrons. The molecular weight excluding hydrogens is 226 g/mol. The molecule has 4 heteroatoms. The van der Waals surface area contributed by atoms with E-state index >= 15 is 0 Å². The second-order valence-corrected chi connectivity index (χ2v) is 5.27. The van der Waals surface area contributed by atoms with Crippen molar-refractivity contribution in [3.63, 3.8) is 0 Å². The van der Waals surface area contributed by atoms with Crippen LogP contribution in [0.25, 0.3) is 10.9 Å². The second kappa shape index (κ2) is 4.12. The van der Waals surface area contributed by atoms with Gasteiger partial charge in [0.2, 0.25) is 0 Å². The third-order valence-electron chi connectivity index (χ3n) is 3.72. The summed E-state index contributed by atoms with van der Waals surface area (Å²) in [5.74, 6) is 0.624. The van der Waals surface area contributed by atoms with Crippen molar-refractivity contribution in [2.24, 2.45) is 5.92 Å². The second-order valence-electron chi connectivity index (χ2n) is 5.27. The fourth-order valence-electron chi connectivity index (χ4n) is 2.85. The Balaban J connectivity index is 1.97. The summed E-state index contributed by atoms with van der Waals surface area (Å²) >= 11 is 0. The van der Waals surface area contributed by atoms with E-state index in [0.717, 1.165) is 23.9 Å². The smallest absolute Gasteiger partial charge is 0.275 e. The highest BCUT2D eigenvalue weighted by atomic mass is 16.2. The van der Waals surface area contributed by atoms with Crippen molar-refractivity contribution in [2.45, 2.75) is 26.3 Å². The van der Waals surface area contributed by atoms with Crippen LogP contribution in [-0.2, 0) is 0 Å². The van der Waals surface area contributed by atoms with Crippen molar-refractivity contribution in [1.29, 1.82) is 0 Å². The fourth-order valence-corrected chi connectivity index (χ4v) is 2.85. The number of H-pyrrole nitrogens is 1. The molecule has 1 aliphatic rings. The molecule has 1 saturated heterocycles. The van der Waals surface area contributed by atoms with Gasteiger partial charge in [0.15, 0.2) is 5.69 Å². The molecule has 0 spiro atoms. The SMILES string of the molecule is CC1CC(C)N(C(=O)c2n[nH]c3ccccc23)C1. The lowest BCUT2D eigenvalue weighted by molar-refractivity contribution is 0.0739. The first-order chi connectivity index (χ1) is 8.66. The molecule has 2 atom stereocenters. The van der Waals surface area contributed by atoms with Crippen LogP contribution < -0.4 is 0 Å². The largest absolute Gasteiger partial charge is 0.334 e. The van der Waals surface area contributed by atoms with Gasteiger partial charge in [-0.1, -0.05) is 25.1 Å². The Morgan fingerprint density at radius 2 is 2.17 bits per heavy atom. The predicted octanol–water partition coefficient (Wildman–Crippen LogP) is 2.43. The zero-order valence-electron chi connectivity index (χ0n) is 10.7. The van der Waals surface area contributed by atoms with Crippen molar-refractivity contribution in [2.75, 3.05) is 6.54 Å². The highest BCUT2D eigenvalue weighted by Gasteiger charge is 2.32. The molecule has 2 unspecified atom stereocenters. The van der Waals surface area contributed by atoms with Gasteiger partial charge < -0.3 is 4.90 Å². The lowest BCUT2D eigenvalue weighted by Crippen LogP contribution is -2.34. The first-order valence-electron chi connectivity index (χ1n) is 6.41. The number of nitrogens with one attached hydrogen (secondary N) is 1. The zero-order valence-corrected chi connectivity index (χ0v) is 10.7. The highest BCUT2D eigenvalue weighted by molar-refractivity contribution is 6.04. The first-order valence-corrected chi connectivity index (χ1v) is 6.41. The lowest BCUT2D eigenvalue weighted by atomic mass is 10.1. The van der Waals surface area contributed by atoms with Crippen molar-refractivity contribution < 1.29 is 4.79 Å². The Hall–Kier alpha value is -1.84. The molecule has 0 aliphatic carbocycles. The van der Waals surface area contributed by atoms with Crippen LogP contribution in [0.2, 0.25) is 0 Å². The number of benzene rings is 1. The number of likely N-dealkylation sites (tertiary alicyclic amines) is 1. The monoisotopic (exact) mass is 243 g/mol. The van der Waals surface area contributed by atoms with Gasteiger partial charge >= 0.3 is 0 Å². The molecule has 3 rings (SSSR count). The molecule has 1 aromatic heterocycles. The number of aromatic nitrogens is 2. The first kappa shape index (κ1) is 11.3. The Kier molecular flexibility index (Phi) is 2.58. The minimum Gasteiger partial charge on any atom is -0.334 e. The van der Waals surface area contributed by atoms with Gasteiger partial charge in [-0.25, -0.2) is 0 Å². The minimum absolute atomic E-state index is 0.0456. The number of hydrogen-bond acceptors (Lipinski definition) is 2. The number of hydrogen-bond donors (Lipinski definition) is 1. The van der Waals surface area contributed by atoms with Crippen molar-refractivity contribution in [1.82, 2.24) is 15.1 Å². The van der Waals surface area contributed by atoms with Crippen molar-refractivity contribution in [3.8, 4) is 0 Å². The van der Waals surface area contributed by atoms with Gasteiger partial charge in [0.1, 0.15) is 0 Å². The van der Waals surface area contributed by atoms with Crippen LogP contribution in [0.3, 0.4) is 0 Å². The Labute approximate surface area is 106 Å². The number of rotatable bonds is 1. The van der Waals surface area contributed by atoms with E-state index in [-0.39, 0.29) is 5.91 Å². The summed E-state index contributed by atoms with van der Waals surface area (Å²) in [7, 11) is 0. The van der Waals surface area contributed by atoms with E-state index in [2.05, 4.69) is 24.0 Å². The summed E-state index contributed by atoms with van der Waals surface area (Å²) in [5, 5.41) is 8.02. The standard InChI is InChI=1S/C14H17N3O/c1-9-7-10(2)17(8-9)14(18)13-11-5-3-4-6-12(11)15-16-13/h3-6,9-10H,7-8H2,1-2H3,(H,15,16). The van der Waals surface area contributed by atoms with Gasteiger partial charge in [0, 0.05) is 18.0 Å². The number of aromatic amines is 1. The van der Waals surface area contributed by atoms with Crippen molar-refractivity contribution in [3.05, 3.63) is 30.0 Å². The van der Waals surface area contributed by atoms with E-state index in [9.17, 15) is 4.79 Å². The van der Waals surface area contributed by atoms with E-state index in [0.29, 0.717) is 17.7 Å². The van der Waals surface area contributed by atoms with Crippen LogP contribution >= 0.6 is 0 Å². The topological polar surface area (TPSA) is 49.0 Å². The van der Waals surface area contributed by atoms with Gasteiger partial charge in [0.05, 0.1) is 5.52 Å². The molecule has 0 saturated carbocycles. The number of carbonyl (C=O) groups excluding carboxylic acids is 1. The number of fused-ring (bicyclic) bond motifs is 1. The summed E-state index contributed by atoms with van der Waals surface area (Å²) in [6, 6.07) is 8.06. The Morgan fingerprint density at radius 3 is 2.89 bits per heavy atom. The average Bonchev–Trinajstić information content (AvgIpc) is 2.92. The van der Waals surface area contributed by atoms with Crippen LogP contribution in [-0.4, -0.2) is 33.6 Å². The summed E-state index contributed by atoms with van der Waals surface area (Å²) in [6.07, 6.45) is 1.08. The van der Waals surface area contributed by atoms with Gasteiger partial charge in [-0.05, 0) is 25.3 Å². The maximum absolute atomic E-state index is 12.5. The Bertz CT molecular complexity index is 589. The van der Waals surface area contributed by atoms with E-state index in [1.54, 1.807) is 0 Å². The van der Waals surface area contributed by atoms with Gasteiger partial charge in [-0.15, -0.1) is 0 Å². The van der Waals surface area contributed by atoms with Crippen LogP contribution in [0.15, 0.2) is 24.3 Å². The number of amides is 1. The van der Waals surface area contributed by atoms with E-state index < -0.39 is 0 Å². The maximum Gasteiger partial charge on any atom is 0.275 e. The van der Waals surface area contributed by atoms with Gasteiger partial charge in [0.25, 0.3) is 5.91 Å². The summed E-state index contributed by atoms with van der Waals surface area (Å²) in [5.41, 5.74) is 1.47. The van der Waals surface area contributed by atoms with Crippen molar-refractivity contribution >= 4 is 16.8 Å². The van der Waals surface area contributed by atoms with E-state index in [4.69, 9.17) is 0 Å². The molecule has 1 aromatic carbocycles. The molecule has 1 aliphatic heterocycles. The van der Waals surface area contributed by atoms with E-state index in [1.807, 2.05) is 29.2 Å². The highest BCUT2D eigenvalue weighted by Crippen LogP contribution is 2.25. The lowest BCUT2D eigenvalue weighted by Gasteiger charge is -2.20. The van der Waals surface area contributed by atoms with Crippen LogP contribution in [0.1, 0.15) is 30.8 Å². The molecule has 2 heterocycles. The molecule has 0 bridgehead atoms. The number of carbonyl (C=O) groups is 1. The van der Waals surface area contributed by atoms with E-state index in [1.165, 1.54) is 0 Å². The summed E-state index contributed by atoms with van der Waals surface area (Å²) in [4.78, 5) is 14.5. The molecule has 1 fully saturated rings.